The Kier molecular flexibility index (Phi) is 2.86. The van der Waals surface area contributed by atoms with Gasteiger partial charge in [-0.05, 0) is 11.6 Å². The van der Waals surface area contributed by atoms with Crippen LogP contribution < -0.4 is 10.2 Å². The van der Waals surface area contributed by atoms with E-state index in [4.69, 9.17) is 0 Å². The Hall–Kier alpha value is -2.83. The van der Waals surface area contributed by atoms with Crippen LogP contribution in [0, 0.1) is 0 Å². The SMILES string of the molecule is O=C(O)[C@@H]1Cc2ccccc2N1C(=O)Nc1cn[nH]c1. The molecule has 0 unspecified atom stereocenters. The summed E-state index contributed by atoms with van der Waals surface area (Å²) in [5, 5.41) is 18.2. The lowest BCUT2D eigenvalue weighted by molar-refractivity contribution is -0.138. The van der Waals surface area contributed by atoms with E-state index in [1.54, 1.807) is 12.1 Å². The highest BCUT2D eigenvalue weighted by atomic mass is 16.4. The van der Waals surface area contributed by atoms with Gasteiger partial charge in [-0.2, -0.15) is 5.10 Å². The van der Waals surface area contributed by atoms with Gasteiger partial charge in [0.15, 0.2) is 0 Å². The monoisotopic (exact) mass is 272 g/mol. The Balaban J connectivity index is 1.92. The number of amides is 2. The quantitative estimate of drug-likeness (QED) is 0.770. The van der Waals surface area contributed by atoms with E-state index in [9.17, 15) is 14.7 Å². The van der Waals surface area contributed by atoms with Gasteiger partial charge < -0.3 is 10.4 Å². The molecule has 1 aliphatic rings. The number of carboxylic acid groups (broad SMARTS) is 1. The summed E-state index contributed by atoms with van der Waals surface area (Å²) >= 11 is 0. The molecule has 2 amide bonds. The summed E-state index contributed by atoms with van der Waals surface area (Å²) in [7, 11) is 0. The van der Waals surface area contributed by atoms with Gasteiger partial charge in [-0.25, -0.2) is 9.59 Å². The fourth-order valence-corrected chi connectivity index (χ4v) is 2.34. The Morgan fingerprint density at radius 1 is 1.40 bits per heavy atom. The molecule has 0 saturated heterocycles. The van der Waals surface area contributed by atoms with Crippen LogP contribution in [0.5, 0.6) is 0 Å². The highest BCUT2D eigenvalue weighted by molar-refractivity contribution is 6.07. The zero-order chi connectivity index (χ0) is 14.1. The molecule has 102 valence electrons. The summed E-state index contributed by atoms with van der Waals surface area (Å²) in [6.45, 7) is 0. The van der Waals surface area contributed by atoms with E-state index in [-0.39, 0.29) is 0 Å². The van der Waals surface area contributed by atoms with Gasteiger partial charge >= 0.3 is 12.0 Å². The molecule has 1 aliphatic heterocycles. The second kappa shape index (κ2) is 4.69. The predicted molar refractivity (Wildman–Crippen MR) is 71.7 cm³/mol. The summed E-state index contributed by atoms with van der Waals surface area (Å²) in [6.07, 6.45) is 3.29. The van der Waals surface area contributed by atoms with Gasteiger partial charge in [-0.1, -0.05) is 18.2 Å². The number of rotatable bonds is 2. The van der Waals surface area contributed by atoms with E-state index < -0.39 is 18.0 Å². The maximum atomic E-state index is 12.3. The third-order valence-corrected chi connectivity index (χ3v) is 3.23. The summed E-state index contributed by atoms with van der Waals surface area (Å²) in [5.74, 6) is -1.02. The van der Waals surface area contributed by atoms with Crippen LogP contribution in [0.1, 0.15) is 5.56 Å². The van der Waals surface area contributed by atoms with E-state index >= 15 is 0 Å². The number of hydrogen-bond acceptors (Lipinski definition) is 3. The van der Waals surface area contributed by atoms with Gasteiger partial charge in [-0.3, -0.25) is 10.00 Å². The van der Waals surface area contributed by atoms with Gasteiger partial charge in [-0.15, -0.1) is 0 Å². The van der Waals surface area contributed by atoms with Crippen molar-refractivity contribution in [2.24, 2.45) is 0 Å². The summed E-state index contributed by atoms with van der Waals surface area (Å²) in [4.78, 5) is 24.9. The number of aromatic amines is 1. The van der Waals surface area contributed by atoms with Crippen molar-refractivity contribution in [3.63, 3.8) is 0 Å². The van der Waals surface area contributed by atoms with Gasteiger partial charge in [0, 0.05) is 18.3 Å². The molecule has 0 aliphatic carbocycles. The van der Waals surface area contributed by atoms with Crippen molar-refractivity contribution >= 4 is 23.4 Å². The molecule has 7 nitrogen and oxygen atoms in total. The van der Waals surface area contributed by atoms with Crippen molar-refractivity contribution in [3.05, 3.63) is 42.2 Å². The minimum Gasteiger partial charge on any atom is -0.480 e. The Morgan fingerprint density at radius 3 is 2.90 bits per heavy atom. The molecule has 7 heteroatoms. The zero-order valence-corrected chi connectivity index (χ0v) is 10.4. The number of carbonyl (C=O) groups excluding carboxylic acids is 1. The number of nitrogens with one attached hydrogen (secondary N) is 2. The highest BCUT2D eigenvalue weighted by Gasteiger charge is 2.38. The molecule has 0 bridgehead atoms. The number of hydrogen-bond donors (Lipinski definition) is 3. The lowest BCUT2D eigenvalue weighted by Gasteiger charge is -2.22. The molecule has 0 radical (unpaired) electrons. The molecule has 20 heavy (non-hydrogen) atoms. The standard InChI is InChI=1S/C13H12N4O3/c18-12(19)11-5-8-3-1-2-4-10(8)17(11)13(20)16-9-6-14-15-7-9/h1-4,6-7,11H,5H2,(H,14,15)(H,16,20)(H,18,19)/t11-/m0/s1. The number of anilines is 2. The van der Waals surface area contributed by atoms with Gasteiger partial charge in [0.25, 0.3) is 0 Å². The first kappa shape index (κ1) is 12.2. The van der Waals surface area contributed by atoms with E-state index in [2.05, 4.69) is 15.5 Å². The van der Waals surface area contributed by atoms with Crippen molar-refractivity contribution < 1.29 is 14.7 Å². The van der Waals surface area contributed by atoms with E-state index in [1.807, 2.05) is 12.1 Å². The van der Waals surface area contributed by atoms with Crippen LogP contribution in [0.15, 0.2) is 36.7 Å². The summed E-state index contributed by atoms with van der Waals surface area (Å²) in [6, 6.07) is 5.81. The van der Waals surface area contributed by atoms with Crippen molar-refractivity contribution in [1.29, 1.82) is 0 Å². The number of para-hydroxylation sites is 1. The second-order valence-corrected chi connectivity index (χ2v) is 4.47. The molecule has 1 aromatic heterocycles. The van der Waals surface area contributed by atoms with Crippen LogP contribution in [0.25, 0.3) is 0 Å². The fourth-order valence-electron chi connectivity index (χ4n) is 2.34. The van der Waals surface area contributed by atoms with Crippen LogP contribution in [-0.4, -0.2) is 33.3 Å². The molecular formula is C13H12N4O3. The minimum absolute atomic E-state index is 0.310. The normalized spacial score (nSPS) is 16.8. The molecule has 2 heterocycles. The van der Waals surface area contributed by atoms with Crippen molar-refractivity contribution in [3.8, 4) is 0 Å². The maximum Gasteiger partial charge on any atom is 0.327 e. The number of carboxylic acids is 1. The first-order chi connectivity index (χ1) is 9.66. The van der Waals surface area contributed by atoms with Crippen LogP contribution in [0.2, 0.25) is 0 Å². The highest BCUT2D eigenvalue weighted by Crippen LogP contribution is 2.32. The molecule has 3 N–H and O–H groups in total. The smallest absolute Gasteiger partial charge is 0.327 e. The van der Waals surface area contributed by atoms with E-state index in [0.717, 1.165) is 5.56 Å². The number of urea groups is 1. The fraction of sp³-hybridized carbons (Fsp3) is 0.154. The number of nitrogens with zero attached hydrogens (tertiary/aromatic N) is 2. The third kappa shape index (κ3) is 1.99. The number of H-pyrrole nitrogens is 1. The number of aromatic nitrogens is 2. The molecule has 0 fully saturated rings. The van der Waals surface area contributed by atoms with Crippen molar-refractivity contribution in [2.75, 3.05) is 10.2 Å². The zero-order valence-electron chi connectivity index (χ0n) is 10.4. The third-order valence-electron chi connectivity index (χ3n) is 3.23. The maximum absolute atomic E-state index is 12.3. The Labute approximate surface area is 114 Å². The topological polar surface area (TPSA) is 98.3 Å². The van der Waals surface area contributed by atoms with Crippen LogP contribution in [0.4, 0.5) is 16.2 Å². The minimum atomic E-state index is -1.02. The number of aliphatic carboxylic acids is 1. The largest absolute Gasteiger partial charge is 0.480 e. The summed E-state index contributed by atoms with van der Waals surface area (Å²) < 4.78 is 0. The number of carbonyl (C=O) groups is 2. The molecular weight excluding hydrogens is 260 g/mol. The molecule has 1 aromatic carbocycles. The van der Waals surface area contributed by atoms with Crippen LogP contribution in [0.3, 0.4) is 0 Å². The molecule has 0 saturated carbocycles. The van der Waals surface area contributed by atoms with Crippen molar-refractivity contribution in [2.45, 2.75) is 12.5 Å². The van der Waals surface area contributed by atoms with Crippen molar-refractivity contribution in [1.82, 2.24) is 10.2 Å². The average molecular weight is 272 g/mol. The first-order valence-corrected chi connectivity index (χ1v) is 6.06. The number of benzene rings is 1. The van der Waals surface area contributed by atoms with E-state index in [1.165, 1.54) is 17.3 Å². The average Bonchev–Trinajstić information content (AvgIpc) is 3.04. The Bertz CT molecular complexity index is 653. The van der Waals surface area contributed by atoms with Gasteiger partial charge in [0.2, 0.25) is 0 Å². The molecule has 1 atom stereocenters. The Morgan fingerprint density at radius 2 is 2.20 bits per heavy atom. The molecule has 2 aromatic rings. The predicted octanol–water partition coefficient (Wildman–Crippen LogP) is 1.46. The lowest BCUT2D eigenvalue weighted by atomic mass is 10.1. The summed E-state index contributed by atoms with van der Waals surface area (Å²) in [5.41, 5.74) is 1.96. The van der Waals surface area contributed by atoms with Gasteiger partial charge in [0.1, 0.15) is 6.04 Å². The second-order valence-electron chi connectivity index (χ2n) is 4.47. The van der Waals surface area contributed by atoms with E-state index in [0.29, 0.717) is 17.8 Å². The number of fused-ring (bicyclic) bond motifs is 1. The molecule has 3 rings (SSSR count). The molecule has 0 spiro atoms. The lowest BCUT2D eigenvalue weighted by Crippen LogP contribution is -2.45. The van der Waals surface area contributed by atoms with Gasteiger partial charge in [0.05, 0.1) is 11.9 Å². The van der Waals surface area contributed by atoms with Crippen LogP contribution >= 0.6 is 0 Å². The first-order valence-electron chi connectivity index (χ1n) is 6.06. The van der Waals surface area contributed by atoms with Crippen LogP contribution in [-0.2, 0) is 11.2 Å².